The number of hydrogen-bond donors (Lipinski definition) is 3. The van der Waals surface area contributed by atoms with Crippen LogP contribution in [0.2, 0.25) is 5.02 Å². The Balaban J connectivity index is 1.61. The van der Waals surface area contributed by atoms with Crippen LogP contribution in [0.15, 0.2) is 58.7 Å². The quantitative estimate of drug-likeness (QED) is 0.406. The molecule has 0 saturated heterocycles. The molecule has 0 aliphatic carbocycles. The lowest BCUT2D eigenvalue weighted by Crippen LogP contribution is -2.34. The van der Waals surface area contributed by atoms with Crippen LogP contribution < -0.4 is 25.7 Å². The van der Waals surface area contributed by atoms with Crippen molar-refractivity contribution in [3.63, 3.8) is 0 Å². The highest BCUT2D eigenvalue weighted by Gasteiger charge is 2.23. The number of halogens is 1. The number of hydrogen-bond acceptors (Lipinski definition) is 10. The van der Waals surface area contributed by atoms with Crippen LogP contribution in [0.25, 0.3) is 0 Å². The Morgan fingerprint density at radius 3 is 2.66 bits per heavy atom. The Morgan fingerprint density at radius 2 is 1.94 bits per heavy atom. The fourth-order valence-corrected chi connectivity index (χ4v) is 4.74. The van der Waals surface area contributed by atoms with Crippen LogP contribution in [-0.4, -0.2) is 50.2 Å². The van der Waals surface area contributed by atoms with E-state index >= 15 is 0 Å². The van der Waals surface area contributed by atoms with Crippen LogP contribution in [0.3, 0.4) is 0 Å². The minimum Gasteiger partial charge on any atom is -0.494 e. The highest BCUT2D eigenvalue weighted by molar-refractivity contribution is 7.92. The molecular formula is C23H26ClN7O3S. The molecule has 10 nitrogen and oxygen atoms in total. The van der Waals surface area contributed by atoms with Crippen molar-refractivity contribution in [2.75, 3.05) is 35.7 Å². The first kappa shape index (κ1) is 24.6. The maximum Gasteiger partial charge on any atom is 0.229 e. The van der Waals surface area contributed by atoms with Gasteiger partial charge in [0.25, 0.3) is 0 Å². The second kappa shape index (κ2) is 10.4. The maximum atomic E-state index is 12.8. The second-order valence-corrected chi connectivity index (χ2v) is 10.8. The molecule has 3 N–H and O–H groups in total. The van der Waals surface area contributed by atoms with Gasteiger partial charge in [0, 0.05) is 18.3 Å². The number of methoxy groups -OCH3 is 1. The van der Waals surface area contributed by atoms with Crippen LogP contribution in [0.1, 0.15) is 13.8 Å². The number of anilines is 5. The van der Waals surface area contributed by atoms with Gasteiger partial charge in [0.1, 0.15) is 17.1 Å². The van der Waals surface area contributed by atoms with Crippen LogP contribution >= 0.6 is 11.6 Å². The van der Waals surface area contributed by atoms with E-state index in [-0.39, 0.29) is 21.7 Å². The third-order valence-corrected chi connectivity index (χ3v) is 7.81. The summed E-state index contributed by atoms with van der Waals surface area (Å²) in [7, 11) is -1.94. The molecule has 0 spiro atoms. The maximum absolute atomic E-state index is 12.8. The van der Waals surface area contributed by atoms with Crippen LogP contribution in [-0.2, 0) is 9.84 Å². The topological polar surface area (TPSA) is 121 Å². The zero-order valence-corrected chi connectivity index (χ0v) is 21.1. The lowest BCUT2D eigenvalue weighted by atomic mass is 10.2. The summed E-state index contributed by atoms with van der Waals surface area (Å²) in [6, 6.07) is 12.3. The lowest BCUT2D eigenvalue weighted by molar-refractivity contribution is 0.417. The Labute approximate surface area is 209 Å². The van der Waals surface area contributed by atoms with Crippen molar-refractivity contribution in [2.24, 2.45) is 5.10 Å². The minimum atomic E-state index is -3.52. The van der Waals surface area contributed by atoms with Gasteiger partial charge in [-0.05, 0) is 38.1 Å². The molecule has 12 heteroatoms. The van der Waals surface area contributed by atoms with E-state index in [0.29, 0.717) is 17.1 Å². The summed E-state index contributed by atoms with van der Waals surface area (Å²) in [4.78, 5) is 10.9. The first-order chi connectivity index (χ1) is 16.8. The zero-order valence-electron chi connectivity index (χ0n) is 19.5. The van der Waals surface area contributed by atoms with Gasteiger partial charge in [0.05, 0.1) is 41.4 Å². The summed E-state index contributed by atoms with van der Waals surface area (Å²) in [5.41, 5.74) is 4.88. The van der Waals surface area contributed by atoms with E-state index in [1.54, 1.807) is 51.6 Å². The van der Waals surface area contributed by atoms with Gasteiger partial charge < -0.3 is 25.7 Å². The predicted molar refractivity (Wildman–Crippen MR) is 139 cm³/mol. The Kier molecular flexibility index (Phi) is 7.27. The minimum absolute atomic E-state index is 0.174. The predicted octanol–water partition coefficient (Wildman–Crippen LogP) is 4.16. The summed E-state index contributed by atoms with van der Waals surface area (Å²) in [6.07, 6.45) is 3.17. The van der Waals surface area contributed by atoms with Gasteiger partial charge in [-0.25, -0.2) is 13.4 Å². The van der Waals surface area contributed by atoms with Crippen LogP contribution in [0.4, 0.5) is 28.8 Å². The standard InChI is InChI=1S/C23H26ClN7O3S/c1-15(2)35(32,33)21-7-5-4-6-19(21)28-22-17(24)13-25-23(30-22)29-18-9-8-16(12-20(18)34-3)31-11-10-26-27-14-31/h4-9,12-15,26H,10-11H2,1-3H3,(H2,25,28,29,30). The number of aromatic nitrogens is 2. The number of para-hydroxylation sites is 1. The molecule has 0 atom stereocenters. The fraction of sp³-hybridized carbons (Fsp3) is 0.261. The molecular weight excluding hydrogens is 490 g/mol. The Hall–Kier alpha value is -3.57. The molecule has 0 bridgehead atoms. The molecule has 0 amide bonds. The number of rotatable bonds is 8. The Bertz CT molecular complexity index is 1350. The SMILES string of the molecule is COc1cc(N2C=NNCC2)ccc1Nc1ncc(Cl)c(Nc2ccccc2S(=O)(=O)C(C)C)n1. The Morgan fingerprint density at radius 1 is 1.14 bits per heavy atom. The van der Waals surface area contributed by atoms with Gasteiger partial charge in [0.2, 0.25) is 5.95 Å². The molecule has 0 unspecified atom stereocenters. The van der Waals surface area contributed by atoms with Gasteiger partial charge in [-0.15, -0.1) is 0 Å². The van der Waals surface area contributed by atoms with Crippen LogP contribution in [0, 0.1) is 0 Å². The molecule has 2 heterocycles. The smallest absolute Gasteiger partial charge is 0.229 e. The van der Waals surface area contributed by atoms with Crippen molar-refractivity contribution in [3.05, 3.63) is 53.7 Å². The third-order valence-electron chi connectivity index (χ3n) is 5.33. The molecule has 3 aromatic rings. The number of hydrazone groups is 1. The first-order valence-corrected chi connectivity index (χ1v) is 12.8. The molecule has 1 aliphatic rings. The first-order valence-electron chi connectivity index (χ1n) is 10.9. The summed E-state index contributed by atoms with van der Waals surface area (Å²) in [5, 5.41) is 9.94. The van der Waals surface area contributed by atoms with E-state index < -0.39 is 15.1 Å². The molecule has 4 rings (SSSR count). The molecule has 0 saturated carbocycles. The van der Waals surface area contributed by atoms with E-state index in [4.69, 9.17) is 16.3 Å². The number of nitrogens with one attached hydrogen (secondary N) is 3. The van der Waals surface area contributed by atoms with Crippen molar-refractivity contribution < 1.29 is 13.2 Å². The zero-order chi connectivity index (χ0) is 25.0. The van der Waals surface area contributed by atoms with Crippen molar-refractivity contribution in [1.82, 2.24) is 15.4 Å². The molecule has 2 aromatic carbocycles. The normalized spacial score (nSPS) is 13.5. The number of sulfone groups is 1. The van der Waals surface area contributed by atoms with Crippen molar-refractivity contribution in [1.29, 1.82) is 0 Å². The van der Waals surface area contributed by atoms with Gasteiger partial charge in [-0.3, -0.25) is 0 Å². The highest BCUT2D eigenvalue weighted by atomic mass is 35.5. The monoisotopic (exact) mass is 515 g/mol. The third kappa shape index (κ3) is 5.41. The van der Waals surface area contributed by atoms with E-state index in [1.165, 1.54) is 6.20 Å². The average Bonchev–Trinajstić information content (AvgIpc) is 2.87. The molecule has 35 heavy (non-hydrogen) atoms. The summed E-state index contributed by atoms with van der Waals surface area (Å²) < 4.78 is 31.2. The average molecular weight is 516 g/mol. The number of ether oxygens (including phenoxy) is 1. The number of benzene rings is 2. The summed E-state index contributed by atoms with van der Waals surface area (Å²) in [5.74, 6) is 1.12. The molecule has 0 fully saturated rings. The lowest BCUT2D eigenvalue weighted by Gasteiger charge is -2.24. The van der Waals surface area contributed by atoms with E-state index in [1.807, 2.05) is 23.1 Å². The molecule has 0 radical (unpaired) electrons. The van der Waals surface area contributed by atoms with E-state index in [0.717, 1.165) is 18.8 Å². The second-order valence-electron chi connectivity index (χ2n) is 7.96. The van der Waals surface area contributed by atoms with Gasteiger partial charge in [-0.1, -0.05) is 23.7 Å². The van der Waals surface area contributed by atoms with Gasteiger partial charge in [-0.2, -0.15) is 10.1 Å². The van der Waals surface area contributed by atoms with Gasteiger partial charge >= 0.3 is 0 Å². The summed E-state index contributed by atoms with van der Waals surface area (Å²) in [6.45, 7) is 4.80. The molecule has 1 aromatic heterocycles. The molecule has 184 valence electrons. The summed E-state index contributed by atoms with van der Waals surface area (Å²) >= 11 is 6.33. The van der Waals surface area contributed by atoms with Crippen LogP contribution in [0.5, 0.6) is 5.75 Å². The fourth-order valence-electron chi connectivity index (χ4n) is 3.40. The van der Waals surface area contributed by atoms with E-state index in [2.05, 4.69) is 31.1 Å². The number of nitrogens with zero attached hydrogens (tertiary/aromatic N) is 4. The highest BCUT2D eigenvalue weighted by Crippen LogP contribution is 2.33. The van der Waals surface area contributed by atoms with Crippen molar-refractivity contribution in [2.45, 2.75) is 24.0 Å². The van der Waals surface area contributed by atoms with Gasteiger partial charge in [0.15, 0.2) is 15.7 Å². The van der Waals surface area contributed by atoms with E-state index in [9.17, 15) is 8.42 Å². The van der Waals surface area contributed by atoms with Crippen molar-refractivity contribution >= 4 is 56.6 Å². The van der Waals surface area contributed by atoms with Crippen molar-refractivity contribution in [3.8, 4) is 5.75 Å². The largest absolute Gasteiger partial charge is 0.494 e. The molecule has 1 aliphatic heterocycles.